The van der Waals surface area contributed by atoms with Crippen LogP contribution in [0.25, 0.3) is 10.0 Å². The average Bonchev–Trinajstić information content (AvgIpc) is 4.07. The Labute approximate surface area is 439 Å². The molecule has 72 heavy (non-hydrogen) atoms. The van der Waals surface area contributed by atoms with Gasteiger partial charge in [0.15, 0.2) is 11.6 Å². The Morgan fingerprint density at radius 3 is 1.67 bits per heavy atom. The van der Waals surface area contributed by atoms with E-state index in [0.29, 0.717) is 47.7 Å². The molecule has 10 rings (SSSR count). The van der Waals surface area contributed by atoms with Crippen molar-refractivity contribution in [2.45, 2.75) is 66.0 Å². The SMILES string of the molecule is Cc1sc2c(c1C)C(c1ccc(Cl)cc1)=N[C@@H](CNC(=O)CN1CCN(CCc3sc4c(c3C)C(c3ccc(Cl)cc3)=N[C@@H](CNC(=O)CCCN3CCN(C)CC3)c3nnc(C)n3-4)CC1)c1nnc(C)n1-2. The molecule has 6 aromatic rings. The third kappa shape index (κ3) is 10.6. The zero-order chi connectivity index (χ0) is 50.2. The van der Waals surface area contributed by atoms with Crippen LogP contribution in [0.5, 0.6) is 0 Å². The largest absolute Gasteiger partial charge is 0.353 e. The highest BCUT2D eigenvalue weighted by molar-refractivity contribution is 7.15. The van der Waals surface area contributed by atoms with E-state index in [4.69, 9.17) is 33.2 Å². The second-order valence-electron chi connectivity index (χ2n) is 19.4. The van der Waals surface area contributed by atoms with E-state index in [0.717, 1.165) is 134 Å². The van der Waals surface area contributed by atoms with E-state index >= 15 is 0 Å². The number of nitrogens with one attached hydrogen (secondary N) is 2. The highest BCUT2D eigenvalue weighted by atomic mass is 35.5. The molecule has 0 saturated carbocycles. The topological polar surface area (TPSA) is 157 Å². The molecule has 2 aromatic carbocycles. The molecule has 2 saturated heterocycles. The Morgan fingerprint density at radius 1 is 0.611 bits per heavy atom. The van der Waals surface area contributed by atoms with Crippen LogP contribution in [0.15, 0.2) is 58.5 Å². The summed E-state index contributed by atoms with van der Waals surface area (Å²) in [7, 11) is 2.16. The Kier molecular flexibility index (Phi) is 15.2. The number of thiophene rings is 2. The molecule has 0 bridgehead atoms. The molecule has 0 unspecified atom stereocenters. The second-order valence-corrected chi connectivity index (χ2v) is 22.6. The number of amides is 2. The normalized spacial score (nSPS) is 18.6. The lowest BCUT2D eigenvalue weighted by Gasteiger charge is -2.34. The smallest absolute Gasteiger partial charge is 0.234 e. The molecule has 16 nitrogen and oxygen atoms in total. The van der Waals surface area contributed by atoms with E-state index in [1.807, 2.05) is 62.4 Å². The van der Waals surface area contributed by atoms with Gasteiger partial charge in [0, 0.05) is 120 Å². The van der Waals surface area contributed by atoms with Crippen molar-refractivity contribution >= 4 is 69.1 Å². The van der Waals surface area contributed by atoms with Crippen LogP contribution < -0.4 is 10.6 Å². The molecule has 0 radical (unpaired) electrons. The van der Waals surface area contributed by atoms with Crippen molar-refractivity contribution in [1.82, 2.24) is 59.8 Å². The molecule has 0 spiro atoms. The molecule has 2 N–H and O–H groups in total. The molecule has 2 fully saturated rings. The maximum atomic E-state index is 13.7. The van der Waals surface area contributed by atoms with Crippen molar-refractivity contribution < 1.29 is 9.59 Å². The number of aryl methyl sites for hydroxylation is 3. The highest BCUT2D eigenvalue weighted by Crippen LogP contribution is 2.41. The first-order valence-corrected chi connectivity index (χ1v) is 27.3. The van der Waals surface area contributed by atoms with Gasteiger partial charge in [-0.2, -0.15) is 0 Å². The van der Waals surface area contributed by atoms with Crippen LogP contribution in [0, 0.1) is 34.6 Å². The third-order valence-electron chi connectivity index (χ3n) is 14.5. The molecule has 4 aliphatic rings. The summed E-state index contributed by atoms with van der Waals surface area (Å²) in [6, 6.07) is 14.7. The minimum Gasteiger partial charge on any atom is -0.353 e. The Bertz CT molecular complexity index is 3010. The summed E-state index contributed by atoms with van der Waals surface area (Å²) < 4.78 is 4.25. The molecule has 4 aliphatic heterocycles. The minimum atomic E-state index is -0.441. The van der Waals surface area contributed by atoms with Crippen molar-refractivity contribution in [2.24, 2.45) is 9.98 Å². The van der Waals surface area contributed by atoms with Crippen molar-refractivity contribution in [3.63, 3.8) is 0 Å². The number of piperazine rings is 2. The molecule has 4 aromatic heterocycles. The predicted molar refractivity (Wildman–Crippen MR) is 288 cm³/mol. The Balaban J connectivity index is 0.781. The van der Waals surface area contributed by atoms with E-state index < -0.39 is 12.1 Å². The van der Waals surface area contributed by atoms with E-state index in [2.05, 4.69) is 87.6 Å². The summed E-state index contributed by atoms with van der Waals surface area (Å²) in [5, 5.41) is 28.1. The fourth-order valence-corrected chi connectivity index (χ4v) is 13.0. The fraction of sp³-hybridized carbons (Fsp3) is 0.462. The number of aliphatic imine (C=N–C) groups is 2. The zero-order valence-corrected chi connectivity index (χ0v) is 45.0. The van der Waals surface area contributed by atoms with Crippen LogP contribution in [0.4, 0.5) is 0 Å². The van der Waals surface area contributed by atoms with Gasteiger partial charge in [-0.1, -0.05) is 47.5 Å². The van der Waals surface area contributed by atoms with Crippen molar-refractivity contribution in [3.05, 3.63) is 125 Å². The molecule has 20 heteroatoms. The number of rotatable bonds is 15. The van der Waals surface area contributed by atoms with Gasteiger partial charge >= 0.3 is 0 Å². The van der Waals surface area contributed by atoms with Gasteiger partial charge in [0.25, 0.3) is 0 Å². The number of hydrogen-bond donors (Lipinski definition) is 2. The predicted octanol–water partition coefficient (Wildman–Crippen LogP) is 6.72. The number of nitrogens with zero attached hydrogens (tertiary/aromatic N) is 12. The van der Waals surface area contributed by atoms with E-state index in [1.165, 1.54) is 20.9 Å². The number of fused-ring (bicyclic) bond motifs is 6. The van der Waals surface area contributed by atoms with Gasteiger partial charge in [0.2, 0.25) is 11.8 Å². The lowest BCUT2D eigenvalue weighted by atomic mass is 9.99. The fourth-order valence-electron chi connectivity index (χ4n) is 10.2. The van der Waals surface area contributed by atoms with E-state index in [9.17, 15) is 9.59 Å². The number of aromatic nitrogens is 6. The first kappa shape index (κ1) is 50.4. The van der Waals surface area contributed by atoms with Gasteiger partial charge in [-0.3, -0.25) is 33.6 Å². The van der Waals surface area contributed by atoms with Crippen molar-refractivity contribution in [3.8, 4) is 10.0 Å². The minimum absolute atomic E-state index is 0.0201. The van der Waals surface area contributed by atoms with E-state index in [-0.39, 0.29) is 11.8 Å². The van der Waals surface area contributed by atoms with Crippen LogP contribution in [0.1, 0.15) is 91.4 Å². The maximum absolute atomic E-state index is 13.7. The number of likely N-dealkylation sites (N-methyl/N-ethyl adjacent to an activating group) is 1. The van der Waals surface area contributed by atoms with Gasteiger partial charge < -0.3 is 25.3 Å². The zero-order valence-electron chi connectivity index (χ0n) is 41.8. The summed E-state index contributed by atoms with van der Waals surface area (Å²) >= 11 is 16.2. The lowest BCUT2D eigenvalue weighted by Crippen LogP contribution is -2.50. The third-order valence-corrected chi connectivity index (χ3v) is 17.6. The molecule has 0 aliphatic carbocycles. The van der Waals surface area contributed by atoms with Crippen LogP contribution in [-0.4, -0.2) is 164 Å². The summed E-state index contributed by atoms with van der Waals surface area (Å²) in [6.45, 7) is 20.6. The number of carbonyl (C=O) groups excluding carboxylic acids is 2. The van der Waals surface area contributed by atoms with Gasteiger partial charge in [-0.05, 0) is 96.4 Å². The highest BCUT2D eigenvalue weighted by Gasteiger charge is 2.34. The second kappa shape index (κ2) is 21.7. The summed E-state index contributed by atoms with van der Waals surface area (Å²) in [4.78, 5) is 49.6. The maximum Gasteiger partial charge on any atom is 0.234 e. The molecule has 8 heterocycles. The molecule has 2 atom stereocenters. The average molecular weight is 1050 g/mol. The van der Waals surface area contributed by atoms with Gasteiger partial charge in [-0.25, -0.2) is 0 Å². The summed E-state index contributed by atoms with van der Waals surface area (Å²) in [6.07, 6.45) is 2.14. The van der Waals surface area contributed by atoms with Crippen molar-refractivity contribution in [1.29, 1.82) is 0 Å². The van der Waals surface area contributed by atoms with Crippen LogP contribution >= 0.6 is 45.9 Å². The molecule has 2 amide bonds. The monoisotopic (exact) mass is 1050 g/mol. The number of hydrogen-bond acceptors (Lipinski definition) is 14. The standard InChI is InChI=1S/C52H62Cl2N14O2S2/c1-31-33(3)71-51-45(31)47(36-9-13-38(53)14-10-36)57-41(49-61-59-34(4)67(49)51)29-56-44(70)30-66-26-24-65(25-27-66)19-17-42-32(2)46-48(37-11-15-39(54)16-12-37)58-40(50-62-60-35(5)68(50)52(46)72-42)28-55-43(69)8-7-18-64-22-20-63(6)21-23-64/h9-16,40-41H,7-8,17-30H2,1-6H3,(H,55,69)(H,56,70)/t40-,41-/m0/s1. The number of halogens is 2. The molecular weight excluding hydrogens is 988 g/mol. The van der Waals surface area contributed by atoms with Gasteiger partial charge in [0.05, 0.1) is 18.0 Å². The Hall–Kier alpha value is -5.18. The Morgan fingerprint density at radius 2 is 1.10 bits per heavy atom. The number of benzene rings is 2. The lowest BCUT2D eigenvalue weighted by molar-refractivity contribution is -0.123. The van der Waals surface area contributed by atoms with Crippen LogP contribution in [-0.2, 0) is 16.0 Å². The molecule has 378 valence electrons. The van der Waals surface area contributed by atoms with E-state index in [1.54, 1.807) is 22.7 Å². The molecular formula is C52H62Cl2N14O2S2. The van der Waals surface area contributed by atoms with Gasteiger partial charge in [-0.15, -0.1) is 43.1 Å². The van der Waals surface area contributed by atoms with Crippen LogP contribution in [0.2, 0.25) is 10.0 Å². The summed E-state index contributed by atoms with van der Waals surface area (Å²) in [5.74, 6) is 2.97. The first-order chi connectivity index (χ1) is 34.8. The quantitative estimate of drug-likeness (QED) is 0.113. The van der Waals surface area contributed by atoms with Gasteiger partial charge in [0.1, 0.15) is 33.7 Å². The summed E-state index contributed by atoms with van der Waals surface area (Å²) in [5.41, 5.74) is 8.11. The van der Waals surface area contributed by atoms with Crippen molar-refractivity contribution in [2.75, 3.05) is 92.1 Å². The van der Waals surface area contributed by atoms with Crippen LogP contribution in [0.3, 0.4) is 0 Å². The first-order valence-electron chi connectivity index (χ1n) is 24.9. The number of carbonyl (C=O) groups is 2.